The number of ketones is 2. The van der Waals surface area contributed by atoms with E-state index in [0.29, 0.717) is 21.2 Å². The van der Waals surface area contributed by atoms with E-state index in [4.69, 9.17) is 32.7 Å². The molecule has 55 heavy (non-hydrogen) atoms. The van der Waals surface area contributed by atoms with Crippen molar-refractivity contribution in [3.8, 4) is 0 Å². The van der Waals surface area contributed by atoms with E-state index in [-0.39, 0.29) is 39.1 Å². The minimum Gasteiger partial charge on any atom is -0.445 e. The zero-order chi connectivity index (χ0) is 38.6. The van der Waals surface area contributed by atoms with Crippen molar-refractivity contribution in [2.75, 3.05) is 4.90 Å². The molecule has 0 aliphatic carbocycles. The first-order chi connectivity index (χ1) is 26.6. The largest absolute Gasteiger partial charge is 0.445 e. The van der Waals surface area contributed by atoms with Crippen molar-refractivity contribution in [2.24, 2.45) is 0 Å². The van der Waals surface area contributed by atoms with Gasteiger partial charge < -0.3 is 9.47 Å². The fourth-order valence-corrected chi connectivity index (χ4v) is 6.36. The molecule has 0 bridgehead atoms. The molecule has 0 saturated carbocycles. The highest BCUT2D eigenvalue weighted by Gasteiger charge is 2.40. The number of carbonyl (C=O) groups is 6. The summed E-state index contributed by atoms with van der Waals surface area (Å²) in [5, 5.41) is 0.848. The summed E-state index contributed by atoms with van der Waals surface area (Å²) in [6, 6.07) is 38.8. The molecule has 0 N–H and O–H groups in total. The zero-order valence-electron chi connectivity index (χ0n) is 28.6. The molecular weight excluding hydrogens is 741 g/mol. The molecule has 2 amide bonds. The van der Waals surface area contributed by atoms with Gasteiger partial charge in [0.15, 0.2) is 12.2 Å². The van der Waals surface area contributed by atoms with Crippen LogP contribution in [0.25, 0.3) is 0 Å². The maximum absolute atomic E-state index is 14.0. The number of halogens is 2. The van der Waals surface area contributed by atoms with E-state index in [2.05, 4.69) is 0 Å². The number of esters is 2. The van der Waals surface area contributed by atoms with Gasteiger partial charge in [0, 0.05) is 32.3 Å². The number of para-hydroxylation sites is 1. The number of carbonyl (C=O) groups excluding carboxylic acids is 6. The van der Waals surface area contributed by atoms with E-state index < -0.39 is 47.5 Å². The molecule has 1 heterocycles. The van der Waals surface area contributed by atoms with Crippen molar-refractivity contribution >= 4 is 64.2 Å². The maximum Gasteiger partial charge on any atom is 0.341 e. The lowest BCUT2D eigenvalue weighted by atomic mass is 9.99. The van der Waals surface area contributed by atoms with Gasteiger partial charge in [-0.2, -0.15) is 0 Å². The van der Waals surface area contributed by atoms with E-state index in [1.807, 2.05) is 0 Å². The van der Waals surface area contributed by atoms with Gasteiger partial charge in [-0.05, 0) is 78.9 Å². The first-order valence-electron chi connectivity index (χ1n) is 16.8. The summed E-state index contributed by atoms with van der Waals surface area (Å²) in [5.41, 5.74) is 0.839. The smallest absolute Gasteiger partial charge is 0.341 e. The predicted molar refractivity (Wildman–Crippen MR) is 205 cm³/mol. The van der Waals surface area contributed by atoms with Crippen molar-refractivity contribution < 1.29 is 38.2 Å². The van der Waals surface area contributed by atoms with Gasteiger partial charge in [-0.3, -0.25) is 19.2 Å². The third-order valence-corrected chi connectivity index (χ3v) is 9.38. The number of benzene rings is 6. The predicted octanol–water partition coefficient (Wildman–Crippen LogP) is 9.36. The number of anilines is 1. The molecule has 11 heteroatoms. The van der Waals surface area contributed by atoms with Crippen LogP contribution in [0.3, 0.4) is 0 Å². The van der Waals surface area contributed by atoms with Gasteiger partial charge in [-0.1, -0.05) is 96.0 Å². The van der Waals surface area contributed by atoms with Crippen LogP contribution in [0.2, 0.25) is 10.0 Å². The minimum atomic E-state index is -1.37. The standard InChI is InChI=1S/C44H27Cl2NO8/c45-31-20-15-26(16-21-31)37(48)39(28-9-3-1-4-10-28)54-43(52)30-19-24-33-35(25-30)42(51)47(41(33)50)36-14-8-7-13-34(36)44(53)55-40(29-11-5-2-6-12-29)38(49)27-17-22-32(46)23-18-27/h1-25,39-40H/t39-,40+/m1/s1. The summed E-state index contributed by atoms with van der Waals surface area (Å²) < 4.78 is 11.6. The lowest BCUT2D eigenvalue weighted by Gasteiger charge is -2.21. The molecule has 1 aliphatic heterocycles. The number of ether oxygens (including phenoxy) is 2. The van der Waals surface area contributed by atoms with Crippen LogP contribution in [0.15, 0.2) is 152 Å². The third-order valence-electron chi connectivity index (χ3n) is 8.88. The summed E-state index contributed by atoms with van der Waals surface area (Å²) >= 11 is 12.0. The molecule has 6 aromatic carbocycles. The first-order valence-corrected chi connectivity index (χ1v) is 17.6. The summed E-state index contributed by atoms with van der Waals surface area (Å²) in [5.74, 6) is -4.47. The highest BCUT2D eigenvalue weighted by atomic mass is 35.5. The van der Waals surface area contributed by atoms with Gasteiger partial charge in [-0.15, -0.1) is 0 Å². The molecule has 1 aliphatic rings. The molecule has 0 saturated heterocycles. The second kappa shape index (κ2) is 15.7. The second-order valence-electron chi connectivity index (χ2n) is 12.4. The molecule has 270 valence electrons. The summed E-state index contributed by atoms with van der Waals surface area (Å²) in [6.07, 6.45) is -2.70. The Morgan fingerprint density at radius 3 is 1.44 bits per heavy atom. The van der Waals surface area contributed by atoms with Crippen molar-refractivity contribution in [1.29, 1.82) is 0 Å². The maximum atomic E-state index is 14.0. The Kier molecular flexibility index (Phi) is 10.5. The zero-order valence-corrected chi connectivity index (χ0v) is 30.1. The molecule has 0 aromatic heterocycles. The van der Waals surface area contributed by atoms with Gasteiger partial charge in [0.05, 0.1) is 27.9 Å². The van der Waals surface area contributed by atoms with Crippen molar-refractivity contribution in [2.45, 2.75) is 12.2 Å². The van der Waals surface area contributed by atoms with Crippen LogP contribution in [0.4, 0.5) is 5.69 Å². The number of nitrogens with zero attached hydrogens (tertiary/aromatic N) is 1. The second-order valence-corrected chi connectivity index (χ2v) is 13.2. The van der Waals surface area contributed by atoms with Gasteiger partial charge in [-0.25, -0.2) is 14.5 Å². The number of amides is 2. The highest BCUT2D eigenvalue weighted by molar-refractivity contribution is 6.35. The Balaban J connectivity index is 1.16. The minimum absolute atomic E-state index is 0.0263. The summed E-state index contributed by atoms with van der Waals surface area (Å²) in [6.45, 7) is 0. The van der Waals surface area contributed by atoms with Crippen LogP contribution < -0.4 is 4.90 Å². The van der Waals surface area contributed by atoms with Crippen LogP contribution >= 0.6 is 23.2 Å². The molecular formula is C44H27Cl2NO8. The fraction of sp³-hybridized carbons (Fsp3) is 0.0455. The van der Waals surface area contributed by atoms with Crippen LogP contribution in [0, 0.1) is 0 Å². The van der Waals surface area contributed by atoms with Gasteiger partial charge in [0.1, 0.15) is 0 Å². The summed E-state index contributed by atoms with van der Waals surface area (Å²) in [4.78, 5) is 83.3. The van der Waals surface area contributed by atoms with Gasteiger partial charge in [0.25, 0.3) is 11.8 Å². The van der Waals surface area contributed by atoms with E-state index in [9.17, 15) is 28.8 Å². The fourth-order valence-electron chi connectivity index (χ4n) is 6.11. The molecule has 0 spiro atoms. The number of Topliss-reactive ketones (excluding diaryl/α,β-unsaturated/α-hetero) is 2. The average Bonchev–Trinajstić information content (AvgIpc) is 3.47. The number of fused-ring (bicyclic) bond motifs is 1. The Morgan fingerprint density at radius 2 is 0.909 bits per heavy atom. The van der Waals surface area contributed by atoms with Crippen molar-refractivity contribution in [1.82, 2.24) is 0 Å². The molecule has 6 aromatic rings. The molecule has 9 nitrogen and oxygen atoms in total. The molecule has 0 unspecified atom stereocenters. The molecule has 0 fully saturated rings. The lowest BCUT2D eigenvalue weighted by Crippen LogP contribution is -2.31. The number of hydrogen-bond donors (Lipinski definition) is 0. The van der Waals surface area contributed by atoms with E-state index in [1.54, 1.807) is 84.9 Å². The molecule has 2 atom stereocenters. The number of rotatable bonds is 11. The summed E-state index contributed by atoms with van der Waals surface area (Å²) in [7, 11) is 0. The van der Waals surface area contributed by atoms with E-state index >= 15 is 0 Å². The molecule has 7 rings (SSSR count). The monoisotopic (exact) mass is 767 g/mol. The number of imide groups is 1. The van der Waals surface area contributed by atoms with Crippen molar-refractivity contribution in [3.63, 3.8) is 0 Å². The topological polar surface area (TPSA) is 124 Å². The normalized spacial score (nSPS) is 13.1. The first kappa shape index (κ1) is 36.7. The van der Waals surface area contributed by atoms with Crippen LogP contribution in [-0.4, -0.2) is 35.3 Å². The van der Waals surface area contributed by atoms with Crippen LogP contribution in [-0.2, 0) is 9.47 Å². The number of hydrogen-bond acceptors (Lipinski definition) is 8. The Labute approximate surface area is 324 Å². The van der Waals surface area contributed by atoms with Gasteiger partial charge >= 0.3 is 11.9 Å². The highest BCUT2D eigenvalue weighted by Crippen LogP contribution is 2.34. The lowest BCUT2D eigenvalue weighted by molar-refractivity contribution is 0.0278. The molecule has 0 radical (unpaired) electrons. The Bertz CT molecular complexity index is 2470. The van der Waals surface area contributed by atoms with Crippen LogP contribution in [0.5, 0.6) is 0 Å². The van der Waals surface area contributed by atoms with E-state index in [1.165, 1.54) is 66.7 Å². The Morgan fingerprint density at radius 1 is 0.473 bits per heavy atom. The van der Waals surface area contributed by atoms with E-state index in [0.717, 1.165) is 4.90 Å². The van der Waals surface area contributed by atoms with Crippen molar-refractivity contribution in [3.05, 3.63) is 206 Å². The average molecular weight is 769 g/mol. The third kappa shape index (κ3) is 7.57. The van der Waals surface area contributed by atoms with Crippen LogP contribution in [0.1, 0.15) is 85.5 Å². The van der Waals surface area contributed by atoms with Gasteiger partial charge in [0.2, 0.25) is 11.6 Å². The quantitative estimate of drug-likeness (QED) is 0.0726. The Hall–Kier alpha value is -6.68. The SMILES string of the molecule is O=C(O[C@@H](C(=O)c1ccc(Cl)cc1)c1ccccc1)c1ccc2c(c1)C(=O)N(c1ccccc1C(=O)O[C@H](C(=O)c1ccc(Cl)cc1)c1ccccc1)C2=O.